The smallest absolute Gasteiger partial charge is 0.120 e. The number of hydrogen-bond acceptors (Lipinski definition) is 3. The van der Waals surface area contributed by atoms with Crippen LogP contribution in [0.5, 0.6) is 5.75 Å². The van der Waals surface area contributed by atoms with E-state index in [0.29, 0.717) is 26.4 Å². The van der Waals surface area contributed by atoms with Crippen molar-refractivity contribution in [2.24, 2.45) is 5.73 Å². The first-order valence-corrected chi connectivity index (χ1v) is 6.12. The van der Waals surface area contributed by atoms with E-state index in [2.05, 4.69) is 29.8 Å². The summed E-state index contributed by atoms with van der Waals surface area (Å²) < 4.78 is 12.0. The van der Waals surface area contributed by atoms with E-state index >= 15 is 0 Å². The zero-order chi connectivity index (χ0) is 12.0. The fourth-order valence-corrected chi connectivity index (χ4v) is 1.62. The van der Waals surface area contributed by atoms with Gasteiger partial charge >= 0.3 is 0 Å². The van der Waals surface area contributed by atoms with Gasteiger partial charge in [-0.05, 0) is 37.1 Å². The largest absolute Gasteiger partial charge is 0.491 e. The molecule has 0 unspecified atom stereocenters. The highest BCUT2D eigenvalue weighted by molar-refractivity contribution is 9.10. The summed E-state index contributed by atoms with van der Waals surface area (Å²) in [7, 11) is 0. The van der Waals surface area contributed by atoms with Crippen LogP contribution in [0.25, 0.3) is 0 Å². The molecule has 4 heteroatoms. The third-order valence-corrected chi connectivity index (χ3v) is 3.42. The Kier molecular flexibility index (Phi) is 5.80. The van der Waals surface area contributed by atoms with Crippen molar-refractivity contribution >= 4 is 15.9 Å². The van der Waals surface area contributed by atoms with Gasteiger partial charge in [0.1, 0.15) is 12.4 Å². The molecular weight excluding hydrogens is 270 g/mol. The molecule has 16 heavy (non-hydrogen) atoms. The molecule has 2 N–H and O–H groups in total. The highest BCUT2D eigenvalue weighted by Gasteiger charge is 2.02. The van der Waals surface area contributed by atoms with E-state index in [9.17, 15) is 0 Å². The van der Waals surface area contributed by atoms with Crippen LogP contribution in [0.3, 0.4) is 0 Å². The molecule has 3 nitrogen and oxygen atoms in total. The van der Waals surface area contributed by atoms with Crippen LogP contribution in [0.15, 0.2) is 16.6 Å². The first-order chi connectivity index (χ1) is 7.65. The Bertz CT molecular complexity index is 319. The van der Waals surface area contributed by atoms with E-state index in [-0.39, 0.29) is 0 Å². The molecule has 0 aromatic heterocycles. The van der Waals surface area contributed by atoms with Crippen LogP contribution in [0, 0.1) is 13.8 Å². The molecule has 90 valence electrons. The van der Waals surface area contributed by atoms with Crippen LogP contribution in [0.1, 0.15) is 11.1 Å². The van der Waals surface area contributed by atoms with Crippen LogP contribution in [0.4, 0.5) is 0 Å². The SMILES string of the molecule is Cc1cc(OCCOCCN)cc(C)c1Br. The van der Waals surface area contributed by atoms with Crippen LogP contribution in [-0.2, 0) is 4.74 Å². The maximum Gasteiger partial charge on any atom is 0.120 e. The monoisotopic (exact) mass is 287 g/mol. The Balaban J connectivity index is 2.43. The molecule has 0 atom stereocenters. The topological polar surface area (TPSA) is 44.5 Å². The fourth-order valence-electron chi connectivity index (χ4n) is 1.39. The van der Waals surface area contributed by atoms with E-state index in [4.69, 9.17) is 15.2 Å². The molecule has 1 rings (SSSR count). The van der Waals surface area contributed by atoms with E-state index in [1.54, 1.807) is 0 Å². The molecular formula is C12H18BrNO2. The van der Waals surface area contributed by atoms with Gasteiger partial charge in [-0.1, -0.05) is 15.9 Å². The summed E-state index contributed by atoms with van der Waals surface area (Å²) >= 11 is 3.52. The first-order valence-electron chi connectivity index (χ1n) is 5.32. The van der Waals surface area contributed by atoms with Crippen molar-refractivity contribution in [3.05, 3.63) is 27.7 Å². The zero-order valence-electron chi connectivity index (χ0n) is 9.75. The predicted octanol–water partition coefficient (Wildman–Crippen LogP) is 2.42. The number of nitrogens with two attached hydrogens (primary N) is 1. The Morgan fingerprint density at radius 3 is 2.31 bits per heavy atom. The van der Waals surface area contributed by atoms with Crippen LogP contribution in [-0.4, -0.2) is 26.4 Å². The van der Waals surface area contributed by atoms with E-state index < -0.39 is 0 Å². The lowest BCUT2D eigenvalue weighted by Gasteiger charge is -2.10. The molecule has 1 aromatic carbocycles. The number of halogens is 1. The van der Waals surface area contributed by atoms with Crippen LogP contribution in [0.2, 0.25) is 0 Å². The molecule has 0 radical (unpaired) electrons. The Labute approximate surface area is 105 Å². The summed E-state index contributed by atoms with van der Waals surface area (Å²) in [4.78, 5) is 0. The normalized spacial score (nSPS) is 10.5. The molecule has 0 aliphatic carbocycles. The van der Waals surface area contributed by atoms with Gasteiger partial charge < -0.3 is 15.2 Å². The second kappa shape index (κ2) is 6.89. The average Bonchev–Trinajstić information content (AvgIpc) is 2.25. The van der Waals surface area contributed by atoms with Crippen LogP contribution < -0.4 is 10.5 Å². The minimum atomic E-state index is 0.552. The van der Waals surface area contributed by atoms with Crippen molar-refractivity contribution in [3.8, 4) is 5.75 Å². The molecule has 0 aliphatic heterocycles. The summed E-state index contributed by atoms with van der Waals surface area (Å²) in [6.07, 6.45) is 0. The van der Waals surface area contributed by atoms with Gasteiger partial charge in [0.15, 0.2) is 0 Å². The standard InChI is InChI=1S/C12H18BrNO2/c1-9-7-11(8-10(2)12(9)13)16-6-5-15-4-3-14/h7-8H,3-6,14H2,1-2H3. The highest BCUT2D eigenvalue weighted by atomic mass is 79.9. The van der Waals surface area contributed by atoms with Gasteiger partial charge in [0.2, 0.25) is 0 Å². The zero-order valence-corrected chi connectivity index (χ0v) is 11.3. The van der Waals surface area contributed by atoms with Gasteiger partial charge in [-0.15, -0.1) is 0 Å². The van der Waals surface area contributed by atoms with Gasteiger partial charge in [0.05, 0.1) is 13.2 Å². The molecule has 0 saturated heterocycles. The lowest BCUT2D eigenvalue weighted by Crippen LogP contribution is -2.13. The lowest BCUT2D eigenvalue weighted by atomic mass is 10.1. The third-order valence-electron chi connectivity index (χ3n) is 2.17. The number of benzene rings is 1. The number of aryl methyl sites for hydroxylation is 2. The Morgan fingerprint density at radius 1 is 1.12 bits per heavy atom. The van der Waals surface area contributed by atoms with E-state index in [0.717, 1.165) is 10.2 Å². The second-order valence-corrected chi connectivity index (χ2v) is 4.41. The van der Waals surface area contributed by atoms with Crippen LogP contribution >= 0.6 is 15.9 Å². The number of hydrogen-bond donors (Lipinski definition) is 1. The van der Waals surface area contributed by atoms with E-state index in [1.165, 1.54) is 11.1 Å². The van der Waals surface area contributed by atoms with E-state index in [1.807, 2.05) is 12.1 Å². The summed E-state index contributed by atoms with van der Waals surface area (Å²) in [6.45, 7) is 6.37. The van der Waals surface area contributed by atoms with Crippen molar-refractivity contribution in [2.75, 3.05) is 26.4 Å². The third kappa shape index (κ3) is 4.12. The summed E-state index contributed by atoms with van der Waals surface area (Å²) in [6, 6.07) is 4.03. The average molecular weight is 288 g/mol. The molecule has 0 bridgehead atoms. The van der Waals surface area contributed by atoms with Gasteiger partial charge in [-0.3, -0.25) is 0 Å². The lowest BCUT2D eigenvalue weighted by molar-refractivity contribution is 0.106. The van der Waals surface area contributed by atoms with Crippen molar-refractivity contribution in [2.45, 2.75) is 13.8 Å². The van der Waals surface area contributed by atoms with Gasteiger partial charge in [-0.25, -0.2) is 0 Å². The number of rotatable bonds is 6. The molecule has 0 amide bonds. The Morgan fingerprint density at radius 2 is 1.75 bits per heavy atom. The molecule has 1 aromatic rings. The predicted molar refractivity (Wildman–Crippen MR) is 69.0 cm³/mol. The molecule has 0 fully saturated rings. The minimum absolute atomic E-state index is 0.552. The minimum Gasteiger partial charge on any atom is -0.491 e. The summed E-state index contributed by atoms with van der Waals surface area (Å²) in [5.41, 5.74) is 7.66. The van der Waals surface area contributed by atoms with Gasteiger partial charge in [0.25, 0.3) is 0 Å². The van der Waals surface area contributed by atoms with Crippen molar-refractivity contribution < 1.29 is 9.47 Å². The number of ether oxygens (including phenoxy) is 2. The van der Waals surface area contributed by atoms with Gasteiger partial charge in [0, 0.05) is 11.0 Å². The van der Waals surface area contributed by atoms with Gasteiger partial charge in [-0.2, -0.15) is 0 Å². The quantitative estimate of drug-likeness (QED) is 0.818. The maximum atomic E-state index is 5.58. The second-order valence-electron chi connectivity index (χ2n) is 3.62. The van der Waals surface area contributed by atoms with Crippen molar-refractivity contribution in [3.63, 3.8) is 0 Å². The first kappa shape index (κ1) is 13.5. The summed E-state index contributed by atoms with van der Waals surface area (Å²) in [5.74, 6) is 0.884. The highest BCUT2D eigenvalue weighted by Crippen LogP contribution is 2.26. The molecule has 0 aliphatic rings. The molecule has 0 saturated carbocycles. The maximum absolute atomic E-state index is 5.58. The molecule has 0 heterocycles. The fraction of sp³-hybridized carbons (Fsp3) is 0.500. The summed E-state index contributed by atoms with van der Waals surface area (Å²) in [5, 5.41) is 0. The van der Waals surface area contributed by atoms with Crippen molar-refractivity contribution in [1.29, 1.82) is 0 Å². The Hall–Kier alpha value is -0.580. The van der Waals surface area contributed by atoms with Crippen molar-refractivity contribution in [1.82, 2.24) is 0 Å². The molecule has 0 spiro atoms.